The summed E-state index contributed by atoms with van der Waals surface area (Å²) in [6.07, 6.45) is 3.34. The van der Waals surface area contributed by atoms with Crippen molar-refractivity contribution in [1.82, 2.24) is 5.43 Å². The van der Waals surface area contributed by atoms with Crippen LogP contribution in [0.1, 0.15) is 31.4 Å². The first-order valence-electron chi connectivity index (χ1n) is 10.1. The molecule has 174 valence electrons. The van der Waals surface area contributed by atoms with E-state index in [1.54, 1.807) is 37.3 Å². The van der Waals surface area contributed by atoms with E-state index in [2.05, 4.69) is 10.5 Å². The van der Waals surface area contributed by atoms with Gasteiger partial charge in [0.1, 0.15) is 6.54 Å². The van der Waals surface area contributed by atoms with Crippen LogP contribution in [0.25, 0.3) is 0 Å². The smallest absolute Gasteiger partial charge is 0.260 e. The number of sulfonamides is 1. The molecule has 2 aromatic carbocycles. The van der Waals surface area contributed by atoms with Crippen molar-refractivity contribution in [1.29, 1.82) is 0 Å². The summed E-state index contributed by atoms with van der Waals surface area (Å²) in [5.74, 6) is 0.613. The first kappa shape index (κ1) is 25.5. The van der Waals surface area contributed by atoms with E-state index in [9.17, 15) is 13.2 Å². The number of hydrazone groups is 1. The number of hydrogen-bond donors (Lipinski definition) is 1. The number of carbonyl (C=O) groups is 1. The topological polar surface area (TPSA) is 97.3 Å². The molecule has 10 heteroatoms. The predicted octanol–water partition coefficient (Wildman–Crippen LogP) is 3.75. The van der Waals surface area contributed by atoms with Gasteiger partial charge in [0.2, 0.25) is 10.0 Å². The molecule has 0 aromatic heterocycles. The Kier molecular flexibility index (Phi) is 9.34. The molecule has 0 radical (unpaired) electrons. The number of aryl methyl sites for hydroxylation is 1. The number of benzene rings is 2. The largest absolute Gasteiger partial charge is 0.490 e. The Bertz CT molecular complexity index is 1070. The number of nitrogens with one attached hydrogen (secondary N) is 1. The molecular formula is C22H28ClN3O5S. The third-order valence-electron chi connectivity index (χ3n) is 4.26. The van der Waals surface area contributed by atoms with Gasteiger partial charge in [0.15, 0.2) is 11.5 Å². The quantitative estimate of drug-likeness (QED) is 0.389. The molecule has 0 unspecified atom stereocenters. The number of hydrogen-bond acceptors (Lipinski definition) is 6. The molecular weight excluding hydrogens is 454 g/mol. The fourth-order valence-corrected chi connectivity index (χ4v) is 3.71. The van der Waals surface area contributed by atoms with Crippen molar-refractivity contribution >= 4 is 39.4 Å². The number of halogens is 1. The molecule has 1 amide bonds. The number of ether oxygens (including phenoxy) is 2. The maximum atomic E-state index is 12.3. The molecule has 1 N–H and O–H groups in total. The first-order chi connectivity index (χ1) is 15.2. The summed E-state index contributed by atoms with van der Waals surface area (Å²) >= 11 is 6.11. The Morgan fingerprint density at radius 3 is 2.53 bits per heavy atom. The van der Waals surface area contributed by atoms with E-state index < -0.39 is 22.5 Å². The van der Waals surface area contributed by atoms with Crippen molar-refractivity contribution in [2.24, 2.45) is 5.10 Å². The van der Waals surface area contributed by atoms with Gasteiger partial charge in [-0.1, -0.05) is 24.6 Å². The second-order valence-corrected chi connectivity index (χ2v) is 9.30. The van der Waals surface area contributed by atoms with E-state index in [1.807, 2.05) is 13.8 Å². The Balaban J connectivity index is 2.09. The lowest BCUT2D eigenvalue weighted by atomic mass is 10.2. The SMILES string of the molecule is CCCOc1ccc(C=NNC(=O)CN(c2ccc(C)c(Cl)c2)S(C)(=O)=O)cc1OCC. The standard InChI is InChI=1S/C22H28ClN3O5S/c1-5-11-31-20-10-8-17(12-21(20)30-6-2)14-24-25-22(27)15-26(32(4,28)29)18-9-7-16(3)19(23)13-18/h7-10,12-14H,5-6,11,15H2,1-4H3,(H,25,27). The summed E-state index contributed by atoms with van der Waals surface area (Å²) in [6, 6.07) is 10.1. The average Bonchev–Trinajstić information content (AvgIpc) is 2.73. The van der Waals surface area contributed by atoms with Crippen molar-refractivity contribution in [3.05, 3.63) is 52.5 Å². The molecule has 0 spiro atoms. The molecule has 0 heterocycles. The van der Waals surface area contributed by atoms with Crippen molar-refractivity contribution in [3.8, 4) is 11.5 Å². The zero-order valence-corrected chi connectivity index (χ0v) is 20.2. The lowest BCUT2D eigenvalue weighted by Crippen LogP contribution is -2.39. The molecule has 0 aliphatic heterocycles. The Hall–Kier alpha value is -2.78. The van der Waals surface area contributed by atoms with Gasteiger partial charge in [-0.2, -0.15) is 5.10 Å². The fraction of sp³-hybridized carbons (Fsp3) is 0.364. The van der Waals surface area contributed by atoms with Crippen LogP contribution in [0.15, 0.2) is 41.5 Å². The van der Waals surface area contributed by atoms with E-state index in [1.165, 1.54) is 12.3 Å². The van der Waals surface area contributed by atoms with E-state index in [-0.39, 0.29) is 0 Å². The van der Waals surface area contributed by atoms with Crippen LogP contribution >= 0.6 is 11.6 Å². The lowest BCUT2D eigenvalue weighted by molar-refractivity contribution is -0.119. The molecule has 0 aliphatic carbocycles. The maximum Gasteiger partial charge on any atom is 0.260 e. The summed E-state index contributed by atoms with van der Waals surface area (Å²) in [6.45, 7) is 6.31. The monoisotopic (exact) mass is 481 g/mol. The maximum absolute atomic E-state index is 12.3. The Morgan fingerprint density at radius 1 is 1.16 bits per heavy atom. The summed E-state index contributed by atoms with van der Waals surface area (Å²) < 4.78 is 36.6. The van der Waals surface area contributed by atoms with Crippen LogP contribution in [-0.4, -0.2) is 46.6 Å². The molecule has 0 aliphatic rings. The minimum atomic E-state index is -3.71. The highest BCUT2D eigenvalue weighted by Gasteiger charge is 2.21. The minimum Gasteiger partial charge on any atom is -0.490 e. The third-order valence-corrected chi connectivity index (χ3v) is 5.81. The highest BCUT2D eigenvalue weighted by atomic mass is 35.5. The van der Waals surface area contributed by atoms with Gasteiger partial charge in [-0.05, 0) is 61.7 Å². The normalized spacial score (nSPS) is 11.4. The van der Waals surface area contributed by atoms with Gasteiger partial charge in [-0.3, -0.25) is 9.10 Å². The van der Waals surface area contributed by atoms with Gasteiger partial charge in [-0.15, -0.1) is 0 Å². The lowest BCUT2D eigenvalue weighted by Gasteiger charge is -2.21. The van der Waals surface area contributed by atoms with Crippen LogP contribution in [0.3, 0.4) is 0 Å². The van der Waals surface area contributed by atoms with Gasteiger partial charge >= 0.3 is 0 Å². The number of nitrogens with zero attached hydrogens (tertiary/aromatic N) is 2. The summed E-state index contributed by atoms with van der Waals surface area (Å²) in [7, 11) is -3.71. The van der Waals surface area contributed by atoms with Gasteiger partial charge in [0.25, 0.3) is 5.91 Å². The molecule has 8 nitrogen and oxygen atoms in total. The molecule has 0 fully saturated rings. The molecule has 2 aromatic rings. The Labute approximate surface area is 194 Å². The fourth-order valence-electron chi connectivity index (χ4n) is 2.69. The van der Waals surface area contributed by atoms with E-state index >= 15 is 0 Å². The van der Waals surface area contributed by atoms with Crippen LogP contribution < -0.4 is 19.2 Å². The van der Waals surface area contributed by atoms with E-state index in [0.717, 1.165) is 22.5 Å². The summed E-state index contributed by atoms with van der Waals surface area (Å²) in [5.41, 5.74) is 4.13. The number of anilines is 1. The third kappa shape index (κ3) is 7.42. The van der Waals surface area contributed by atoms with Crippen LogP contribution in [0, 0.1) is 6.92 Å². The van der Waals surface area contributed by atoms with Crippen molar-refractivity contribution in [3.63, 3.8) is 0 Å². The second kappa shape index (κ2) is 11.7. The number of rotatable bonds is 11. The van der Waals surface area contributed by atoms with E-state index in [0.29, 0.717) is 41.0 Å². The van der Waals surface area contributed by atoms with Gasteiger partial charge in [0, 0.05) is 5.02 Å². The number of carbonyl (C=O) groups excluding carboxylic acids is 1. The second-order valence-electron chi connectivity index (χ2n) is 6.98. The van der Waals surface area contributed by atoms with Crippen LogP contribution in [0.5, 0.6) is 11.5 Å². The molecule has 0 saturated heterocycles. The summed E-state index contributed by atoms with van der Waals surface area (Å²) in [5, 5.41) is 4.33. The molecule has 0 bridgehead atoms. The average molecular weight is 482 g/mol. The molecule has 0 saturated carbocycles. The Morgan fingerprint density at radius 2 is 1.91 bits per heavy atom. The predicted molar refractivity (Wildman–Crippen MR) is 128 cm³/mol. The first-order valence-corrected chi connectivity index (χ1v) is 12.3. The molecule has 32 heavy (non-hydrogen) atoms. The molecule has 2 rings (SSSR count). The zero-order valence-electron chi connectivity index (χ0n) is 18.6. The van der Waals surface area contributed by atoms with E-state index in [4.69, 9.17) is 21.1 Å². The zero-order chi connectivity index (χ0) is 23.7. The van der Waals surface area contributed by atoms with Gasteiger partial charge in [0.05, 0.1) is 31.4 Å². The van der Waals surface area contributed by atoms with Crippen molar-refractivity contribution < 1.29 is 22.7 Å². The minimum absolute atomic E-state index is 0.297. The van der Waals surface area contributed by atoms with Crippen molar-refractivity contribution in [2.75, 3.05) is 30.3 Å². The molecule has 0 atom stereocenters. The summed E-state index contributed by atoms with van der Waals surface area (Å²) in [4.78, 5) is 12.3. The van der Waals surface area contributed by atoms with Crippen LogP contribution in [0.4, 0.5) is 5.69 Å². The van der Waals surface area contributed by atoms with Gasteiger partial charge < -0.3 is 9.47 Å². The highest BCUT2D eigenvalue weighted by molar-refractivity contribution is 7.92. The van der Waals surface area contributed by atoms with Crippen LogP contribution in [0.2, 0.25) is 5.02 Å². The van der Waals surface area contributed by atoms with Crippen LogP contribution in [-0.2, 0) is 14.8 Å². The number of amides is 1. The highest BCUT2D eigenvalue weighted by Crippen LogP contribution is 2.28. The van der Waals surface area contributed by atoms with Gasteiger partial charge in [-0.25, -0.2) is 13.8 Å². The van der Waals surface area contributed by atoms with Crippen molar-refractivity contribution in [2.45, 2.75) is 27.2 Å².